The van der Waals surface area contributed by atoms with E-state index in [-0.39, 0.29) is 36.0 Å². The summed E-state index contributed by atoms with van der Waals surface area (Å²) in [6, 6.07) is 7.81. The molecular formula is C22H35IN4O4. The summed E-state index contributed by atoms with van der Waals surface area (Å²) in [6.45, 7) is 5.27. The number of benzene rings is 1. The van der Waals surface area contributed by atoms with E-state index in [0.29, 0.717) is 19.1 Å². The highest BCUT2D eigenvalue weighted by Gasteiger charge is 2.23. The van der Waals surface area contributed by atoms with Gasteiger partial charge in [0.2, 0.25) is 0 Å². The molecule has 1 aromatic rings. The number of ether oxygens (including phenoxy) is 3. The van der Waals surface area contributed by atoms with Gasteiger partial charge in [0.25, 0.3) is 5.91 Å². The van der Waals surface area contributed by atoms with Crippen LogP contribution in [0.15, 0.2) is 29.3 Å². The molecule has 1 amide bonds. The molecule has 9 heteroatoms. The van der Waals surface area contributed by atoms with E-state index in [9.17, 15) is 4.79 Å². The van der Waals surface area contributed by atoms with Gasteiger partial charge in [-0.05, 0) is 43.4 Å². The lowest BCUT2D eigenvalue weighted by molar-refractivity contribution is -0.124. The molecule has 3 N–H and O–H groups in total. The molecule has 1 aromatic carbocycles. The maximum atomic E-state index is 12.2. The minimum Gasteiger partial charge on any atom is -0.381 e. The molecule has 2 atom stereocenters. The number of aliphatic imine (C=N–C) groups is 1. The van der Waals surface area contributed by atoms with Crippen molar-refractivity contribution >= 4 is 41.5 Å². The maximum Gasteiger partial charge on any atom is 0.253 e. The van der Waals surface area contributed by atoms with Crippen LogP contribution >= 0.6 is 24.0 Å². The van der Waals surface area contributed by atoms with Crippen LogP contribution in [0.1, 0.15) is 31.2 Å². The number of amides is 1. The van der Waals surface area contributed by atoms with Crippen LogP contribution in [0.2, 0.25) is 0 Å². The molecule has 2 fully saturated rings. The first-order chi connectivity index (χ1) is 14.7. The Bertz CT molecular complexity index is 692. The Labute approximate surface area is 201 Å². The summed E-state index contributed by atoms with van der Waals surface area (Å²) >= 11 is 0. The molecule has 31 heavy (non-hydrogen) atoms. The third kappa shape index (κ3) is 9.30. The zero-order valence-electron chi connectivity index (χ0n) is 18.2. The predicted molar refractivity (Wildman–Crippen MR) is 132 cm³/mol. The van der Waals surface area contributed by atoms with Gasteiger partial charge in [-0.3, -0.25) is 9.79 Å². The van der Waals surface area contributed by atoms with Crippen LogP contribution in [0.5, 0.6) is 0 Å². The van der Waals surface area contributed by atoms with E-state index in [1.54, 1.807) is 7.05 Å². The van der Waals surface area contributed by atoms with Crippen molar-refractivity contribution in [2.75, 3.05) is 51.9 Å². The van der Waals surface area contributed by atoms with Crippen LogP contribution in [0.3, 0.4) is 0 Å². The Kier molecular flexibility index (Phi) is 12.2. The first kappa shape index (κ1) is 25.8. The highest BCUT2D eigenvalue weighted by Crippen LogP contribution is 2.16. The zero-order chi connectivity index (χ0) is 21.0. The Morgan fingerprint density at radius 3 is 2.90 bits per heavy atom. The first-order valence-electron chi connectivity index (χ1n) is 10.9. The van der Waals surface area contributed by atoms with Gasteiger partial charge in [-0.25, -0.2) is 0 Å². The zero-order valence-corrected chi connectivity index (χ0v) is 20.6. The van der Waals surface area contributed by atoms with Crippen molar-refractivity contribution in [3.63, 3.8) is 0 Å². The van der Waals surface area contributed by atoms with Gasteiger partial charge in [-0.15, -0.1) is 24.0 Å². The van der Waals surface area contributed by atoms with Crippen molar-refractivity contribution < 1.29 is 19.0 Å². The van der Waals surface area contributed by atoms with E-state index in [1.807, 2.05) is 24.3 Å². The molecule has 8 nitrogen and oxygen atoms in total. The number of carbonyl (C=O) groups is 1. The summed E-state index contributed by atoms with van der Waals surface area (Å²) in [6.07, 6.45) is 3.42. The van der Waals surface area contributed by atoms with Crippen molar-refractivity contribution in [1.29, 1.82) is 0 Å². The van der Waals surface area contributed by atoms with Gasteiger partial charge in [0, 0.05) is 51.6 Å². The Hall–Kier alpha value is -1.43. The van der Waals surface area contributed by atoms with Crippen molar-refractivity contribution in [2.24, 2.45) is 10.9 Å². The van der Waals surface area contributed by atoms with E-state index in [0.717, 1.165) is 75.9 Å². The molecule has 0 bridgehead atoms. The van der Waals surface area contributed by atoms with Crippen LogP contribution in [0.4, 0.5) is 5.69 Å². The quantitative estimate of drug-likeness (QED) is 0.181. The summed E-state index contributed by atoms with van der Waals surface area (Å²) in [5.41, 5.74) is 1.84. The van der Waals surface area contributed by atoms with E-state index in [2.05, 4.69) is 20.9 Å². The molecule has 174 valence electrons. The number of hydrogen-bond donors (Lipinski definition) is 3. The van der Waals surface area contributed by atoms with E-state index < -0.39 is 0 Å². The second-order valence-corrected chi connectivity index (χ2v) is 7.70. The molecule has 0 spiro atoms. The monoisotopic (exact) mass is 546 g/mol. The fourth-order valence-corrected chi connectivity index (χ4v) is 3.52. The topological polar surface area (TPSA) is 93.2 Å². The lowest BCUT2D eigenvalue weighted by Crippen LogP contribution is -2.37. The number of nitrogens with zero attached hydrogens (tertiary/aromatic N) is 1. The second-order valence-electron chi connectivity index (χ2n) is 7.70. The fourth-order valence-electron chi connectivity index (χ4n) is 3.52. The highest BCUT2D eigenvalue weighted by molar-refractivity contribution is 14.0. The van der Waals surface area contributed by atoms with Crippen molar-refractivity contribution in [2.45, 2.75) is 38.3 Å². The first-order valence-corrected chi connectivity index (χ1v) is 10.9. The number of anilines is 1. The molecule has 0 aliphatic carbocycles. The van der Waals surface area contributed by atoms with Crippen molar-refractivity contribution in [3.05, 3.63) is 29.8 Å². The van der Waals surface area contributed by atoms with Gasteiger partial charge >= 0.3 is 0 Å². The number of hydrogen-bond acceptors (Lipinski definition) is 5. The maximum absolute atomic E-state index is 12.2. The molecule has 3 rings (SSSR count). The van der Waals surface area contributed by atoms with E-state index in [1.165, 1.54) is 0 Å². The molecule has 2 aliphatic rings. The Balaban J connectivity index is 0.00000341. The number of guanidine groups is 1. The highest BCUT2D eigenvalue weighted by atomic mass is 127. The molecule has 0 saturated carbocycles. The van der Waals surface area contributed by atoms with Gasteiger partial charge < -0.3 is 30.2 Å². The molecule has 2 heterocycles. The Morgan fingerprint density at radius 1 is 1.26 bits per heavy atom. The number of rotatable bonds is 10. The van der Waals surface area contributed by atoms with E-state index >= 15 is 0 Å². The molecule has 0 aromatic heterocycles. The SMILES string of the molecule is CN=C(NCCCOCC1CCOC1)NCc1cccc(NC(=O)C2CCCO2)c1.I. The number of carbonyl (C=O) groups excluding carboxylic acids is 1. The van der Waals surface area contributed by atoms with Crippen molar-refractivity contribution in [3.8, 4) is 0 Å². The lowest BCUT2D eigenvalue weighted by atomic mass is 10.1. The molecule has 2 saturated heterocycles. The summed E-state index contributed by atoms with van der Waals surface area (Å²) in [7, 11) is 1.75. The van der Waals surface area contributed by atoms with Gasteiger partial charge in [-0.1, -0.05) is 12.1 Å². The lowest BCUT2D eigenvalue weighted by Gasteiger charge is -2.14. The van der Waals surface area contributed by atoms with E-state index in [4.69, 9.17) is 14.2 Å². The van der Waals surface area contributed by atoms with Crippen LogP contribution in [-0.2, 0) is 25.5 Å². The second kappa shape index (κ2) is 14.6. The fraction of sp³-hybridized carbons (Fsp3) is 0.636. The van der Waals surface area contributed by atoms with Crippen LogP contribution in [0.25, 0.3) is 0 Å². The minimum absolute atomic E-state index is 0. The van der Waals surface area contributed by atoms with Gasteiger partial charge in [0.15, 0.2) is 5.96 Å². The summed E-state index contributed by atoms with van der Waals surface area (Å²) in [5.74, 6) is 1.23. The average Bonchev–Trinajstić information content (AvgIpc) is 3.47. The van der Waals surface area contributed by atoms with Gasteiger partial charge in [0.05, 0.1) is 13.2 Å². The molecule has 0 radical (unpaired) electrons. The normalized spacial score (nSPS) is 20.9. The van der Waals surface area contributed by atoms with Crippen molar-refractivity contribution in [1.82, 2.24) is 10.6 Å². The largest absolute Gasteiger partial charge is 0.381 e. The molecule has 2 unspecified atom stereocenters. The van der Waals surface area contributed by atoms with Gasteiger partial charge in [0.1, 0.15) is 6.10 Å². The number of halogens is 1. The molecule has 2 aliphatic heterocycles. The Morgan fingerprint density at radius 2 is 2.16 bits per heavy atom. The minimum atomic E-state index is -0.328. The standard InChI is InChI=1S/C22H34N4O4.HI/c1-23-22(24-9-4-10-28-15-18-8-12-29-16-18)25-14-17-5-2-6-19(13-17)26-21(27)20-7-3-11-30-20;/h2,5-6,13,18,20H,3-4,7-12,14-16H2,1H3,(H,26,27)(H2,23,24,25);1H. The number of nitrogens with one attached hydrogen (secondary N) is 3. The van der Waals surface area contributed by atoms with Gasteiger partial charge in [-0.2, -0.15) is 0 Å². The molecular weight excluding hydrogens is 511 g/mol. The summed E-state index contributed by atoms with van der Waals surface area (Å²) in [4.78, 5) is 16.5. The third-order valence-corrected chi connectivity index (χ3v) is 5.24. The van der Waals surface area contributed by atoms with Crippen LogP contribution < -0.4 is 16.0 Å². The third-order valence-electron chi connectivity index (χ3n) is 5.24. The average molecular weight is 546 g/mol. The summed E-state index contributed by atoms with van der Waals surface area (Å²) < 4.78 is 16.5. The van der Waals surface area contributed by atoms with Crippen LogP contribution in [-0.4, -0.2) is 64.6 Å². The van der Waals surface area contributed by atoms with Crippen LogP contribution in [0, 0.1) is 5.92 Å². The predicted octanol–water partition coefficient (Wildman–Crippen LogP) is 2.53. The smallest absolute Gasteiger partial charge is 0.253 e. The summed E-state index contributed by atoms with van der Waals surface area (Å²) in [5, 5.41) is 9.54.